The molecule has 1 atom stereocenters. The number of carbonyl (C=O) groups excluding carboxylic acids is 1. The van der Waals surface area contributed by atoms with Gasteiger partial charge in [0.05, 0.1) is 11.6 Å². The van der Waals surface area contributed by atoms with Gasteiger partial charge in [-0.3, -0.25) is 0 Å². The van der Waals surface area contributed by atoms with Gasteiger partial charge >= 0.3 is 12.2 Å². The maximum Gasteiger partial charge on any atom is 0.393 e. The summed E-state index contributed by atoms with van der Waals surface area (Å²) in [4.78, 5) is 26.6. The number of rotatable bonds is 3. The predicted molar refractivity (Wildman–Crippen MR) is 155 cm³/mol. The Morgan fingerprint density at radius 3 is 2.23 bits per heavy atom. The minimum atomic E-state index is -4.37. The fraction of sp³-hybridized carbons (Fsp3) is 0.517. The zero-order valence-electron chi connectivity index (χ0n) is 24.9. The Morgan fingerprint density at radius 2 is 1.68 bits per heavy atom. The second kappa shape index (κ2) is 15.9. The Bertz CT molecular complexity index is 1250. The number of fused-ring (bicyclic) bond motifs is 1. The Kier molecular flexibility index (Phi) is 13.8. The van der Waals surface area contributed by atoms with Gasteiger partial charge in [0.2, 0.25) is 5.95 Å². The van der Waals surface area contributed by atoms with Crippen molar-refractivity contribution in [3.05, 3.63) is 41.5 Å². The van der Waals surface area contributed by atoms with Crippen LogP contribution in [0.25, 0.3) is 22.2 Å². The van der Waals surface area contributed by atoms with Gasteiger partial charge in [-0.2, -0.15) is 18.2 Å². The molecule has 7 nitrogen and oxygen atoms in total. The van der Waals surface area contributed by atoms with Crippen LogP contribution >= 0.6 is 0 Å². The van der Waals surface area contributed by atoms with Crippen molar-refractivity contribution >= 4 is 28.7 Å². The van der Waals surface area contributed by atoms with Crippen molar-refractivity contribution in [2.75, 3.05) is 30.8 Å². The number of aryl methyl sites for hydroxylation is 2. The van der Waals surface area contributed by atoms with E-state index in [-0.39, 0.29) is 18.7 Å². The zero-order chi connectivity index (χ0) is 30.6. The lowest BCUT2D eigenvalue weighted by atomic mass is 9.97. The SMILES string of the molecule is CC.CC.CCC.CNc1ncc2cc(-c3cc(NC(=O)N4CCC(C(F)(F)F)C4)c(F)cc3C)c(C)nc2n1. The topological polar surface area (TPSA) is 83.0 Å². The highest BCUT2D eigenvalue weighted by atomic mass is 19.4. The highest BCUT2D eigenvalue weighted by molar-refractivity contribution is 5.91. The molecule has 2 N–H and O–H groups in total. The molecule has 1 aliphatic rings. The van der Waals surface area contributed by atoms with Gasteiger partial charge in [0.1, 0.15) is 5.82 Å². The molecule has 2 aromatic heterocycles. The normalized spacial score (nSPS) is 14.2. The van der Waals surface area contributed by atoms with Crippen LogP contribution in [0, 0.1) is 25.6 Å². The monoisotopic (exact) mass is 566 g/mol. The lowest BCUT2D eigenvalue weighted by Gasteiger charge is -2.20. The number of alkyl halides is 3. The van der Waals surface area contributed by atoms with Gasteiger partial charge in [-0.25, -0.2) is 19.2 Å². The third-order valence-electron chi connectivity index (χ3n) is 5.77. The van der Waals surface area contributed by atoms with Crippen molar-refractivity contribution in [2.45, 2.75) is 74.4 Å². The summed E-state index contributed by atoms with van der Waals surface area (Å²) in [7, 11) is 1.70. The van der Waals surface area contributed by atoms with Crippen LogP contribution in [-0.4, -0.2) is 52.2 Å². The summed E-state index contributed by atoms with van der Waals surface area (Å²) in [6.45, 7) is 15.3. The Hall–Kier alpha value is -3.50. The standard InChI is InChI=1S/C22H22F4N6O.C3H8.2C2H6/c1-11-6-17(23)18(30-21(33)32-5-4-14(10-32)22(24,25)26)8-15(11)16-7-13-9-28-20(27-3)31-19(13)29-12(16)2;1-3-2;2*1-2/h6-9,14H,4-5,10H2,1-3H3,(H,30,33)(H,27,28,29,31);3H2,1-2H3;2*1-2H3. The van der Waals surface area contributed by atoms with Crippen molar-refractivity contribution in [3.8, 4) is 11.1 Å². The first-order chi connectivity index (χ1) is 19.0. The van der Waals surface area contributed by atoms with E-state index in [9.17, 15) is 22.4 Å². The maximum absolute atomic E-state index is 14.6. The van der Waals surface area contributed by atoms with Crippen LogP contribution in [0.2, 0.25) is 0 Å². The van der Waals surface area contributed by atoms with E-state index in [4.69, 9.17) is 0 Å². The Morgan fingerprint density at radius 1 is 1.05 bits per heavy atom. The number of nitrogens with zero attached hydrogens (tertiary/aromatic N) is 4. The average Bonchev–Trinajstić information content (AvgIpc) is 3.44. The van der Waals surface area contributed by atoms with Crippen LogP contribution < -0.4 is 10.6 Å². The molecule has 1 aromatic carbocycles. The van der Waals surface area contributed by atoms with E-state index in [0.29, 0.717) is 39.4 Å². The molecule has 0 aliphatic carbocycles. The molecule has 3 heterocycles. The molecule has 0 radical (unpaired) electrons. The van der Waals surface area contributed by atoms with E-state index >= 15 is 0 Å². The number of nitrogens with one attached hydrogen (secondary N) is 2. The summed E-state index contributed by atoms with van der Waals surface area (Å²) >= 11 is 0. The zero-order valence-corrected chi connectivity index (χ0v) is 24.9. The number of carbonyl (C=O) groups is 1. The van der Waals surface area contributed by atoms with Crippen LogP contribution in [-0.2, 0) is 0 Å². The van der Waals surface area contributed by atoms with Crippen molar-refractivity contribution in [1.82, 2.24) is 19.9 Å². The number of benzene rings is 1. The van der Waals surface area contributed by atoms with E-state index in [0.717, 1.165) is 4.90 Å². The smallest absolute Gasteiger partial charge is 0.357 e. The number of aromatic nitrogens is 3. The minimum Gasteiger partial charge on any atom is -0.357 e. The Labute approximate surface area is 234 Å². The number of likely N-dealkylation sites (tertiary alicyclic amines) is 1. The molecule has 0 saturated carbocycles. The van der Waals surface area contributed by atoms with E-state index in [2.05, 4.69) is 39.4 Å². The number of amides is 2. The summed E-state index contributed by atoms with van der Waals surface area (Å²) in [6, 6.07) is 3.81. The third kappa shape index (κ3) is 8.76. The summed E-state index contributed by atoms with van der Waals surface area (Å²) in [5.41, 5.74) is 2.97. The number of hydrogen-bond acceptors (Lipinski definition) is 5. The summed E-state index contributed by atoms with van der Waals surface area (Å²) in [5, 5.41) is 5.95. The molecule has 3 aromatic rings. The minimum absolute atomic E-state index is 0.0430. The number of anilines is 2. The van der Waals surface area contributed by atoms with Crippen molar-refractivity contribution in [3.63, 3.8) is 0 Å². The maximum atomic E-state index is 14.6. The van der Waals surface area contributed by atoms with Crippen molar-refractivity contribution in [1.29, 1.82) is 0 Å². The first-order valence-corrected chi connectivity index (χ1v) is 13.7. The predicted octanol–water partition coefficient (Wildman–Crippen LogP) is 8.37. The third-order valence-corrected chi connectivity index (χ3v) is 5.77. The number of hydrogen-bond donors (Lipinski definition) is 2. The lowest BCUT2D eigenvalue weighted by Crippen LogP contribution is -2.35. The van der Waals surface area contributed by atoms with Gasteiger partial charge < -0.3 is 15.5 Å². The fourth-order valence-corrected chi connectivity index (χ4v) is 3.91. The molecule has 11 heteroatoms. The quantitative estimate of drug-likeness (QED) is 0.311. The first kappa shape index (κ1) is 34.5. The molecule has 40 heavy (non-hydrogen) atoms. The van der Waals surface area contributed by atoms with Crippen LogP contribution in [0.15, 0.2) is 24.4 Å². The van der Waals surface area contributed by atoms with Gasteiger partial charge in [0, 0.05) is 43.0 Å². The van der Waals surface area contributed by atoms with E-state index in [1.165, 1.54) is 18.6 Å². The van der Waals surface area contributed by atoms with Gasteiger partial charge in [-0.05, 0) is 49.6 Å². The van der Waals surface area contributed by atoms with Gasteiger partial charge in [0.25, 0.3) is 0 Å². The number of halogens is 4. The largest absolute Gasteiger partial charge is 0.393 e. The highest BCUT2D eigenvalue weighted by Gasteiger charge is 2.44. The van der Waals surface area contributed by atoms with Gasteiger partial charge in [0.15, 0.2) is 5.65 Å². The van der Waals surface area contributed by atoms with Gasteiger partial charge in [-0.15, -0.1) is 0 Å². The van der Waals surface area contributed by atoms with E-state index in [1.54, 1.807) is 27.1 Å². The molecule has 4 rings (SSSR count). The second-order valence-corrected chi connectivity index (χ2v) is 8.74. The molecule has 2 amide bonds. The molecule has 1 aliphatic heterocycles. The molecule has 222 valence electrons. The molecule has 1 unspecified atom stereocenters. The summed E-state index contributed by atoms with van der Waals surface area (Å²) < 4.78 is 53.4. The molecule has 1 saturated heterocycles. The van der Waals surface area contributed by atoms with E-state index < -0.39 is 30.5 Å². The van der Waals surface area contributed by atoms with Crippen LogP contribution in [0.3, 0.4) is 0 Å². The number of urea groups is 1. The van der Waals surface area contributed by atoms with E-state index in [1.807, 2.05) is 33.8 Å². The molecular weight excluding hydrogens is 524 g/mol. The molecular formula is C29H42F4N6O. The summed E-state index contributed by atoms with van der Waals surface area (Å²) in [6.07, 6.45) is -1.66. The van der Waals surface area contributed by atoms with Crippen molar-refractivity contribution < 1.29 is 22.4 Å². The highest BCUT2D eigenvalue weighted by Crippen LogP contribution is 2.35. The van der Waals surface area contributed by atoms with Crippen LogP contribution in [0.5, 0.6) is 0 Å². The lowest BCUT2D eigenvalue weighted by molar-refractivity contribution is -0.169. The molecule has 0 bridgehead atoms. The average molecular weight is 567 g/mol. The fourth-order valence-electron chi connectivity index (χ4n) is 3.91. The first-order valence-electron chi connectivity index (χ1n) is 13.7. The molecule has 1 fully saturated rings. The number of pyridine rings is 1. The molecule has 0 spiro atoms. The Balaban J connectivity index is 0.00000105. The van der Waals surface area contributed by atoms with Crippen LogP contribution in [0.4, 0.5) is 34.0 Å². The second-order valence-electron chi connectivity index (χ2n) is 8.74. The van der Waals surface area contributed by atoms with Crippen LogP contribution in [0.1, 0.15) is 65.6 Å². The van der Waals surface area contributed by atoms with Gasteiger partial charge in [-0.1, -0.05) is 48.0 Å². The summed E-state index contributed by atoms with van der Waals surface area (Å²) in [5.74, 6) is -1.82. The van der Waals surface area contributed by atoms with Crippen molar-refractivity contribution in [2.24, 2.45) is 5.92 Å².